The first-order chi connectivity index (χ1) is 11.9. The second-order valence-corrected chi connectivity index (χ2v) is 6.82. The van der Waals surface area contributed by atoms with E-state index < -0.39 is 6.04 Å². The van der Waals surface area contributed by atoms with Crippen LogP contribution in [0.2, 0.25) is 5.02 Å². The highest BCUT2D eigenvalue weighted by Gasteiger charge is 2.35. The zero-order valence-corrected chi connectivity index (χ0v) is 15.4. The lowest BCUT2D eigenvalue weighted by molar-refractivity contribution is -0.124. The monoisotopic (exact) mass is 356 g/mol. The van der Waals surface area contributed by atoms with Crippen molar-refractivity contribution in [3.8, 4) is 0 Å². The molecule has 0 aliphatic carbocycles. The Balaban J connectivity index is 1.83. The van der Waals surface area contributed by atoms with E-state index in [9.17, 15) is 9.59 Å². The van der Waals surface area contributed by atoms with E-state index in [-0.39, 0.29) is 11.8 Å². The summed E-state index contributed by atoms with van der Waals surface area (Å²) in [6.07, 6.45) is 0. The van der Waals surface area contributed by atoms with E-state index in [1.807, 2.05) is 32.0 Å². The van der Waals surface area contributed by atoms with Gasteiger partial charge in [-0.15, -0.1) is 0 Å². The normalized spacial score (nSPS) is 17.8. The summed E-state index contributed by atoms with van der Waals surface area (Å²) in [6.45, 7) is 6.80. The number of aryl methyl sites for hydroxylation is 2. The molecule has 1 aliphatic heterocycles. The fourth-order valence-electron chi connectivity index (χ4n) is 3.09. The van der Waals surface area contributed by atoms with Crippen molar-refractivity contribution in [2.45, 2.75) is 26.8 Å². The smallest absolute Gasteiger partial charge is 0.256 e. The van der Waals surface area contributed by atoms with Gasteiger partial charge in [-0.2, -0.15) is 0 Å². The number of halogens is 1. The minimum Gasteiger partial charge on any atom is -0.325 e. The maximum absolute atomic E-state index is 12.9. The molecule has 5 heteroatoms. The lowest BCUT2D eigenvalue weighted by Crippen LogP contribution is -2.57. The van der Waals surface area contributed by atoms with Crippen molar-refractivity contribution in [1.82, 2.24) is 4.90 Å². The third kappa shape index (κ3) is 3.27. The highest BCUT2D eigenvalue weighted by atomic mass is 35.5. The number of nitrogens with zero attached hydrogens (tertiary/aromatic N) is 2. The van der Waals surface area contributed by atoms with Crippen molar-refractivity contribution in [2.24, 2.45) is 0 Å². The van der Waals surface area contributed by atoms with Crippen LogP contribution in [0.1, 0.15) is 28.4 Å². The Morgan fingerprint density at radius 2 is 1.80 bits per heavy atom. The van der Waals surface area contributed by atoms with Crippen LogP contribution in [-0.2, 0) is 4.79 Å². The molecule has 2 aromatic carbocycles. The predicted octanol–water partition coefficient (Wildman–Crippen LogP) is 3.83. The van der Waals surface area contributed by atoms with E-state index in [0.717, 1.165) is 11.3 Å². The van der Waals surface area contributed by atoms with E-state index in [1.54, 1.807) is 41.0 Å². The summed E-state index contributed by atoms with van der Waals surface area (Å²) in [5.41, 5.74) is 3.65. The average Bonchev–Trinajstić information content (AvgIpc) is 2.60. The molecule has 0 spiro atoms. The molecule has 0 saturated carbocycles. The van der Waals surface area contributed by atoms with Gasteiger partial charge in [0.2, 0.25) is 5.91 Å². The molecule has 1 atom stereocenters. The molecule has 0 aromatic heterocycles. The third-order valence-electron chi connectivity index (χ3n) is 4.82. The molecule has 1 heterocycles. The number of anilines is 1. The number of hydrogen-bond acceptors (Lipinski definition) is 2. The zero-order valence-electron chi connectivity index (χ0n) is 14.6. The first kappa shape index (κ1) is 17.5. The number of piperazine rings is 1. The molecule has 3 rings (SSSR count). The number of carbonyl (C=O) groups excluding carboxylic acids is 2. The summed E-state index contributed by atoms with van der Waals surface area (Å²) >= 11 is 6.14. The molecule has 0 radical (unpaired) electrons. The molecule has 0 bridgehead atoms. The molecule has 1 aliphatic rings. The van der Waals surface area contributed by atoms with Crippen LogP contribution >= 0.6 is 11.6 Å². The van der Waals surface area contributed by atoms with Crippen LogP contribution in [0, 0.1) is 13.8 Å². The Hall–Kier alpha value is -2.33. The summed E-state index contributed by atoms with van der Waals surface area (Å²) in [6, 6.07) is 12.4. The Morgan fingerprint density at radius 1 is 1.08 bits per heavy atom. The Labute approximate surface area is 153 Å². The van der Waals surface area contributed by atoms with Gasteiger partial charge in [0, 0.05) is 18.8 Å². The zero-order chi connectivity index (χ0) is 18.1. The fraction of sp³-hybridized carbons (Fsp3) is 0.300. The van der Waals surface area contributed by atoms with Crippen LogP contribution in [0.4, 0.5) is 5.69 Å². The topological polar surface area (TPSA) is 40.6 Å². The second-order valence-electron chi connectivity index (χ2n) is 6.41. The van der Waals surface area contributed by atoms with Gasteiger partial charge in [-0.3, -0.25) is 9.59 Å². The first-order valence-electron chi connectivity index (χ1n) is 8.34. The Kier molecular flexibility index (Phi) is 4.82. The molecule has 130 valence electrons. The highest BCUT2D eigenvalue weighted by Crippen LogP contribution is 2.25. The van der Waals surface area contributed by atoms with Crippen molar-refractivity contribution in [3.63, 3.8) is 0 Å². The van der Waals surface area contributed by atoms with Crippen molar-refractivity contribution in [2.75, 3.05) is 18.0 Å². The molecular weight excluding hydrogens is 336 g/mol. The summed E-state index contributed by atoms with van der Waals surface area (Å²) in [4.78, 5) is 29.0. The van der Waals surface area contributed by atoms with Crippen LogP contribution in [0.15, 0.2) is 42.5 Å². The second kappa shape index (κ2) is 6.89. The van der Waals surface area contributed by atoms with Crippen LogP contribution < -0.4 is 4.90 Å². The summed E-state index contributed by atoms with van der Waals surface area (Å²) in [5.74, 6) is -0.277. The summed E-state index contributed by atoms with van der Waals surface area (Å²) in [5, 5.41) is 0.406. The summed E-state index contributed by atoms with van der Waals surface area (Å²) < 4.78 is 0. The van der Waals surface area contributed by atoms with Gasteiger partial charge in [0.15, 0.2) is 0 Å². The lowest BCUT2D eigenvalue weighted by Gasteiger charge is -2.39. The number of hydrogen-bond donors (Lipinski definition) is 0. The van der Waals surface area contributed by atoms with Gasteiger partial charge in [0.05, 0.1) is 10.6 Å². The highest BCUT2D eigenvalue weighted by molar-refractivity contribution is 6.33. The van der Waals surface area contributed by atoms with Gasteiger partial charge in [0.1, 0.15) is 6.04 Å². The molecule has 0 N–H and O–H groups in total. The minimum atomic E-state index is -0.529. The molecule has 25 heavy (non-hydrogen) atoms. The molecule has 4 nitrogen and oxygen atoms in total. The maximum Gasteiger partial charge on any atom is 0.256 e. The number of amides is 2. The van der Waals surface area contributed by atoms with E-state index in [4.69, 9.17) is 11.6 Å². The molecule has 2 amide bonds. The van der Waals surface area contributed by atoms with Gasteiger partial charge in [-0.05, 0) is 56.2 Å². The van der Waals surface area contributed by atoms with E-state index in [0.29, 0.717) is 23.7 Å². The van der Waals surface area contributed by atoms with Crippen molar-refractivity contribution >= 4 is 29.1 Å². The standard InChI is InChI=1S/C20H21ClN2O2/c1-13-8-9-16(12-14(13)2)23-11-10-22(15(3)19(23)24)20(25)17-6-4-5-7-18(17)21/h4-9,12,15H,10-11H2,1-3H3. The summed E-state index contributed by atoms with van der Waals surface area (Å²) in [7, 11) is 0. The SMILES string of the molecule is Cc1ccc(N2CCN(C(=O)c3ccccc3Cl)C(C)C2=O)cc1C. The molecule has 1 saturated heterocycles. The minimum absolute atomic E-state index is 0.0742. The molecule has 1 fully saturated rings. The van der Waals surface area contributed by atoms with E-state index in [1.165, 1.54) is 5.56 Å². The Bertz CT molecular complexity index is 834. The van der Waals surface area contributed by atoms with Gasteiger partial charge >= 0.3 is 0 Å². The van der Waals surface area contributed by atoms with Gasteiger partial charge in [0.25, 0.3) is 5.91 Å². The largest absolute Gasteiger partial charge is 0.325 e. The Morgan fingerprint density at radius 3 is 2.48 bits per heavy atom. The van der Waals surface area contributed by atoms with Crippen molar-refractivity contribution in [3.05, 3.63) is 64.2 Å². The van der Waals surface area contributed by atoms with Crippen molar-refractivity contribution < 1.29 is 9.59 Å². The third-order valence-corrected chi connectivity index (χ3v) is 5.15. The van der Waals surface area contributed by atoms with E-state index in [2.05, 4.69) is 0 Å². The van der Waals surface area contributed by atoms with E-state index >= 15 is 0 Å². The van der Waals surface area contributed by atoms with Crippen LogP contribution in [0.25, 0.3) is 0 Å². The van der Waals surface area contributed by atoms with Crippen LogP contribution in [0.3, 0.4) is 0 Å². The van der Waals surface area contributed by atoms with Gasteiger partial charge in [-0.25, -0.2) is 0 Å². The lowest BCUT2D eigenvalue weighted by atomic mass is 10.1. The quantitative estimate of drug-likeness (QED) is 0.820. The number of benzene rings is 2. The predicted molar refractivity (Wildman–Crippen MR) is 100 cm³/mol. The number of carbonyl (C=O) groups is 2. The maximum atomic E-state index is 12.9. The first-order valence-corrected chi connectivity index (χ1v) is 8.72. The van der Waals surface area contributed by atoms with Crippen molar-refractivity contribution in [1.29, 1.82) is 0 Å². The molecule has 2 aromatic rings. The van der Waals surface area contributed by atoms with Crippen LogP contribution in [0.5, 0.6) is 0 Å². The van der Waals surface area contributed by atoms with Crippen LogP contribution in [-0.4, -0.2) is 35.8 Å². The fourth-order valence-corrected chi connectivity index (χ4v) is 3.30. The van der Waals surface area contributed by atoms with Gasteiger partial charge in [-0.1, -0.05) is 29.8 Å². The molecule has 1 unspecified atom stereocenters. The molecular formula is C20H21ClN2O2. The average molecular weight is 357 g/mol. The van der Waals surface area contributed by atoms with Gasteiger partial charge < -0.3 is 9.80 Å². The number of rotatable bonds is 2.